The highest BCUT2D eigenvalue weighted by Gasteiger charge is 2.22. The smallest absolute Gasteiger partial charge is 0.383 e. The molecule has 0 aliphatic heterocycles. The van der Waals surface area contributed by atoms with Crippen molar-refractivity contribution in [1.82, 2.24) is 0 Å². The van der Waals surface area contributed by atoms with E-state index in [0.29, 0.717) is 17.7 Å². The van der Waals surface area contributed by atoms with Crippen molar-refractivity contribution in [2.24, 2.45) is 0 Å². The quantitative estimate of drug-likeness (QED) is 0.280. The minimum atomic E-state index is -0.670. The molecule has 1 aromatic heterocycles. The van der Waals surface area contributed by atoms with Crippen molar-refractivity contribution in [3.05, 3.63) is 28.6 Å². The fourth-order valence-corrected chi connectivity index (χ4v) is 3.12. The Morgan fingerprint density at radius 2 is 1.68 bits per heavy atom. The van der Waals surface area contributed by atoms with E-state index in [0.717, 1.165) is 19.3 Å². The van der Waals surface area contributed by atoms with Gasteiger partial charge in [-0.15, -0.1) is 0 Å². The predicted octanol–water partition coefficient (Wildman–Crippen LogP) is 5.25. The number of fused-ring (bicyclic) bond motifs is 1. The van der Waals surface area contributed by atoms with Gasteiger partial charge in [-0.05, 0) is 18.6 Å². The van der Waals surface area contributed by atoms with Crippen molar-refractivity contribution in [1.29, 1.82) is 0 Å². The van der Waals surface area contributed by atoms with Gasteiger partial charge >= 0.3 is 11.6 Å². The van der Waals surface area contributed by atoms with E-state index in [1.54, 1.807) is 18.2 Å². The zero-order valence-corrected chi connectivity index (χ0v) is 17.0. The van der Waals surface area contributed by atoms with E-state index in [1.165, 1.54) is 46.1 Å². The Kier molecular flexibility index (Phi) is 8.85. The van der Waals surface area contributed by atoms with Crippen LogP contribution >= 0.6 is 0 Å². The maximum atomic E-state index is 12.4. The van der Waals surface area contributed by atoms with Crippen LogP contribution in [0.25, 0.3) is 11.0 Å². The monoisotopic (exact) mass is 390 g/mol. The summed E-state index contributed by atoms with van der Waals surface area (Å²) in [6, 6.07) is 5.02. The molecular weight excluding hydrogens is 360 g/mol. The molecule has 0 unspecified atom stereocenters. The number of esters is 1. The lowest BCUT2D eigenvalue weighted by molar-refractivity contribution is -0.131. The Morgan fingerprint density at radius 3 is 2.32 bits per heavy atom. The van der Waals surface area contributed by atoms with E-state index in [-0.39, 0.29) is 17.1 Å². The van der Waals surface area contributed by atoms with E-state index in [2.05, 4.69) is 6.92 Å². The molecule has 28 heavy (non-hydrogen) atoms. The lowest BCUT2D eigenvalue weighted by Gasteiger charge is -2.13. The fourth-order valence-electron chi connectivity index (χ4n) is 3.12. The normalized spacial score (nSPS) is 10.8. The predicted molar refractivity (Wildman–Crippen MR) is 108 cm³/mol. The molecule has 0 aliphatic carbocycles. The van der Waals surface area contributed by atoms with Gasteiger partial charge in [0.15, 0.2) is 5.75 Å². The molecule has 0 radical (unpaired) electrons. The third-order valence-electron chi connectivity index (χ3n) is 4.52. The minimum absolute atomic E-state index is 0.0516. The highest BCUT2D eigenvalue weighted by Crippen LogP contribution is 2.38. The van der Waals surface area contributed by atoms with E-state index in [4.69, 9.17) is 18.6 Å². The van der Waals surface area contributed by atoms with Gasteiger partial charge < -0.3 is 18.6 Å². The van der Waals surface area contributed by atoms with Gasteiger partial charge in [0.05, 0.1) is 13.7 Å². The summed E-state index contributed by atoms with van der Waals surface area (Å²) in [5.41, 5.74) is -0.392. The first-order chi connectivity index (χ1) is 13.6. The van der Waals surface area contributed by atoms with Crippen LogP contribution in [0.15, 0.2) is 27.4 Å². The summed E-state index contributed by atoms with van der Waals surface area (Å²) in [6.45, 7) is 3.84. The van der Waals surface area contributed by atoms with Crippen LogP contribution in [0.2, 0.25) is 0 Å². The summed E-state index contributed by atoms with van der Waals surface area (Å²) < 4.78 is 21.7. The standard InChI is InChI=1S/C22H30O6/c1-4-5-6-7-8-9-10-11-15-26-21-20(27-16(2)23)19-17(25-3)13-12-14-18(19)28-22(21)24/h12-14H,4-11,15H2,1-3H3. The fraction of sp³-hybridized carbons (Fsp3) is 0.545. The maximum absolute atomic E-state index is 12.4. The van der Waals surface area contributed by atoms with Gasteiger partial charge in [-0.2, -0.15) is 0 Å². The van der Waals surface area contributed by atoms with E-state index in [9.17, 15) is 9.59 Å². The SMILES string of the molecule is CCCCCCCCCCOc1c(OC(C)=O)c2c(OC)cccc2oc1=O. The molecule has 0 bridgehead atoms. The van der Waals surface area contributed by atoms with E-state index >= 15 is 0 Å². The number of unbranched alkanes of at least 4 members (excludes halogenated alkanes) is 7. The van der Waals surface area contributed by atoms with Crippen LogP contribution in [0.1, 0.15) is 65.2 Å². The third-order valence-corrected chi connectivity index (χ3v) is 4.52. The molecule has 6 nitrogen and oxygen atoms in total. The summed E-state index contributed by atoms with van der Waals surface area (Å²) in [7, 11) is 1.50. The molecule has 1 heterocycles. The molecule has 0 aliphatic rings. The van der Waals surface area contributed by atoms with Crippen molar-refractivity contribution in [2.75, 3.05) is 13.7 Å². The molecule has 6 heteroatoms. The molecule has 0 atom stereocenters. The number of benzene rings is 1. The Bertz CT molecular complexity index is 824. The number of hydrogen-bond acceptors (Lipinski definition) is 6. The Balaban J connectivity index is 2.08. The summed E-state index contributed by atoms with van der Waals surface area (Å²) in [5.74, 6) is -0.143. The molecule has 0 N–H and O–H groups in total. The van der Waals surface area contributed by atoms with E-state index in [1.807, 2.05) is 0 Å². The zero-order chi connectivity index (χ0) is 20.4. The molecule has 0 saturated heterocycles. The number of ether oxygens (including phenoxy) is 3. The molecule has 2 rings (SSSR count). The number of methoxy groups -OCH3 is 1. The lowest BCUT2D eigenvalue weighted by atomic mass is 10.1. The summed E-state index contributed by atoms with van der Waals surface area (Å²) >= 11 is 0. The second-order valence-electron chi connectivity index (χ2n) is 6.80. The van der Waals surface area contributed by atoms with Crippen molar-refractivity contribution >= 4 is 16.9 Å². The van der Waals surface area contributed by atoms with Crippen molar-refractivity contribution in [2.45, 2.75) is 65.2 Å². The Labute approximate surface area is 165 Å². The van der Waals surface area contributed by atoms with Crippen LogP contribution in [0.5, 0.6) is 17.2 Å². The van der Waals surface area contributed by atoms with Crippen molar-refractivity contribution in [3.8, 4) is 17.2 Å². The summed E-state index contributed by atoms with van der Waals surface area (Å²) in [4.78, 5) is 24.0. The number of carbonyl (C=O) groups excluding carboxylic acids is 1. The first-order valence-corrected chi connectivity index (χ1v) is 10.0. The van der Waals surface area contributed by atoms with Gasteiger partial charge in [0.1, 0.15) is 16.7 Å². The molecular formula is C22H30O6. The van der Waals surface area contributed by atoms with Gasteiger partial charge in [0, 0.05) is 6.92 Å². The molecule has 154 valence electrons. The molecule has 1 aromatic carbocycles. The van der Waals surface area contributed by atoms with Crippen LogP contribution in [0, 0.1) is 0 Å². The van der Waals surface area contributed by atoms with Crippen LogP contribution in [0.4, 0.5) is 0 Å². The largest absolute Gasteiger partial charge is 0.496 e. The second-order valence-corrected chi connectivity index (χ2v) is 6.80. The molecule has 0 spiro atoms. The summed E-state index contributed by atoms with van der Waals surface area (Å²) in [6.07, 6.45) is 9.30. The molecule has 0 amide bonds. The molecule has 0 fully saturated rings. The van der Waals surface area contributed by atoms with Gasteiger partial charge in [0.25, 0.3) is 0 Å². The Morgan fingerprint density at radius 1 is 1.00 bits per heavy atom. The van der Waals surface area contributed by atoms with Gasteiger partial charge in [-0.1, -0.05) is 57.9 Å². The first kappa shape index (κ1) is 21.8. The van der Waals surface area contributed by atoms with Gasteiger partial charge in [-0.25, -0.2) is 4.79 Å². The summed E-state index contributed by atoms with van der Waals surface area (Å²) in [5, 5.41) is 0.408. The Hall–Kier alpha value is -2.50. The maximum Gasteiger partial charge on any atom is 0.383 e. The molecule has 2 aromatic rings. The third kappa shape index (κ3) is 6.01. The van der Waals surface area contributed by atoms with Gasteiger partial charge in [-0.3, -0.25) is 4.79 Å². The second kappa shape index (κ2) is 11.4. The number of hydrogen-bond donors (Lipinski definition) is 0. The zero-order valence-electron chi connectivity index (χ0n) is 17.0. The van der Waals surface area contributed by atoms with Crippen LogP contribution < -0.4 is 19.8 Å². The van der Waals surface area contributed by atoms with Gasteiger partial charge in [0.2, 0.25) is 5.75 Å². The average Bonchev–Trinajstić information content (AvgIpc) is 2.67. The van der Waals surface area contributed by atoms with Crippen molar-refractivity contribution < 1.29 is 23.4 Å². The minimum Gasteiger partial charge on any atom is -0.496 e. The number of rotatable bonds is 12. The number of carbonyl (C=O) groups is 1. The van der Waals surface area contributed by atoms with Crippen LogP contribution in [-0.4, -0.2) is 19.7 Å². The van der Waals surface area contributed by atoms with Crippen LogP contribution in [-0.2, 0) is 4.79 Å². The van der Waals surface area contributed by atoms with E-state index < -0.39 is 11.6 Å². The molecule has 0 saturated carbocycles. The topological polar surface area (TPSA) is 75.0 Å². The van der Waals surface area contributed by atoms with Crippen LogP contribution in [0.3, 0.4) is 0 Å². The lowest BCUT2D eigenvalue weighted by Crippen LogP contribution is -2.13. The van der Waals surface area contributed by atoms with Crippen molar-refractivity contribution in [3.63, 3.8) is 0 Å². The first-order valence-electron chi connectivity index (χ1n) is 10.0. The highest BCUT2D eigenvalue weighted by atomic mass is 16.6. The average molecular weight is 390 g/mol. The highest BCUT2D eigenvalue weighted by molar-refractivity contribution is 5.93.